The van der Waals surface area contributed by atoms with Crippen LogP contribution >= 0.6 is 0 Å². The normalized spacial score (nSPS) is 11.0. The summed E-state index contributed by atoms with van der Waals surface area (Å²) in [5.74, 6) is 0.935. The molecule has 0 radical (unpaired) electrons. The predicted octanol–water partition coefficient (Wildman–Crippen LogP) is 5.40. The number of rotatable bonds is 5. The first-order valence-electron chi connectivity index (χ1n) is 9.01. The van der Waals surface area contributed by atoms with Crippen LogP contribution in [0.4, 0.5) is 11.5 Å². The second kappa shape index (κ2) is 7.00. The van der Waals surface area contributed by atoms with Crippen LogP contribution in [0, 0.1) is 6.92 Å². The highest BCUT2D eigenvalue weighted by molar-refractivity contribution is 5.78. The predicted molar refractivity (Wildman–Crippen MR) is 107 cm³/mol. The highest BCUT2D eigenvalue weighted by Crippen LogP contribution is 2.27. The molecule has 0 fully saturated rings. The number of nitrogens with one attached hydrogen (secondary N) is 1. The molecular formula is C22H22N4. The number of anilines is 2. The van der Waals surface area contributed by atoms with E-state index in [4.69, 9.17) is 4.98 Å². The first-order valence-corrected chi connectivity index (χ1v) is 9.01. The number of hydrogen-bond acceptors (Lipinski definition) is 3. The molecule has 4 aromatic rings. The van der Waals surface area contributed by atoms with Crippen molar-refractivity contribution in [2.75, 3.05) is 5.32 Å². The van der Waals surface area contributed by atoms with E-state index in [1.807, 2.05) is 28.9 Å². The lowest BCUT2D eigenvalue weighted by Crippen LogP contribution is -2.04. The molecule has 0 atom stereocenters. The first kappa shape index (κ1) is 16.3. The lowest BCUT2D eigenvalue weighted by molar-refractivity contribution is 0.862. The van der Waals surface area contributed by atoms with E-state index in [2.05, 4.69) is 66.7 Å². The molecular weight excluding hydrogens is 320 g/mol. The van der Waals surface area contributed by atoms with Crippen LogP contribution in [0.1, 0.15) is 24.6 Å². The van der Waals surface area contributed by atoms with Gasteiger partial charge in [0.15, 0.2) is 5.65 Å². The molecule has 4 rings (SSSR count). The van der Waals surface area contributed by atoms with E-state index in [0.29, 0.717) is 0 Å². The molecule has 2 heterocycles. The Balaban J connectivity index is 1.83. The average molecular weight is 342 g/mol. The van der Waals surface area contributed by atoms with Gasteiger partial charge in [0.2, 0.25) is 0 Å². The summed E-state index contributed by atoms with van der Waals surface area (Å²) in [7, 11) is 0. The summed E-state index contributed by atoms with van der Waals surface area (Å²) in [6.45, 7) is 4.26. The topological polar surface area (TPSA) is 42.2 Å². The Morgan fingerprint density at radius 2 is 1.77 bits per heavy atom. The molecule has 0 spiro atoms. The Labute approximate surface area is 153 Å². The van der Waals surface area contributed by atoms with Crippen LogP contribution in [0.3, 0.4) is 0 Å². The summed E-state index contributed by atoms with van der Waals surface area (Å²) in [5, 5.41) is 8.10. The summed E-state index contributed by atoms with van der Waals surface area (Å²) in [5.41, 5.74) is 6.43. The number of aromatic nitrogens is 3. The zero-order chi connectivity index (χ0) is 17.9. The van der Waals surface area contributed by atoms with Crippen LogP contribution in [0.2, 0.25) is 0 Å². The van der Waals surface area contributed by atoms with Crippen LogP contribution in [-0.2, 0) is 6.42 Å². The van der Waals surface area contributed by atoms with Gasteiger partial charge in [0.25, 0.3) is 0 Å². The molecule has 4 heteroatoms. The van der Waals surface area contributed by atoms with Crippen molar-refractivity contribution in [1.29, 1.82) is 0 Å². The fraction of sp³-hybridized carbons (Fsp3) is 0.182. The van der Waals surface area contributed by atoms with Gasteiger partial charge in [-0.1, -0.05) is 61.4 Å². The Morgan fingerprint density at radius 1 is 1.00 bits per heavy atom. The summed E-state index contributed by atoms with van der Waals surface area (Å²) < 4.78 is 1.89. The molecule has 0 bridgehead atoms. The van der Waals surface area contributed by atoms with Crippen molar-refractivity contribution in [1.82, 2.24) is 14.6 Å². The van der Waals surface area contributed by atoms with Crippen molar-refractivity contribution in [3.05, 3.63) is 78.1 Å². The second-order valence-electron chi connectivity index (χ2n) is 6.53. The number of benzene rings is 2. The first-order chi connectivity index (χ1) is 12.7. The summed E-state index contributed by atoms with van der Waals surface area (Å²) in [6, 6.07) is 20.8. The fourth-order valence-corrected chi connectivity index (χ4v) is 3.09. The highest BCUT2D eigenvalue weighted by Gasteiger charge is 2.13. The largest absolute Gasteiger partial charge is 0.340 e. The Bertz CT molecular complexity index is 1020. The van der Waals surface area contributed by atoms with Crippen LogP contribution in [0.25, 0.3) is 16.8 Å². The maximum absolute atomic E-state index is 4.88. The van der Waals surface area contributed by atoms with Gasteiger partial charge >= 0.3 is 0 Å². The molecule has 2 aromatic heterocycles. The highest BCUT2D eigenvalue weighted by atomic mass is 15.3. The van der Waals surface area contributed by atoms with Gasteiger partial charge in [-0.3, -0.25) is 0 Å². The minimum Gasteiger partial charge on any atom is -0.340 e. The van der Waals surface area contributed by atoms with Crippen LogP contribution in [0.15, 0.2) is 66.9 Å². The Kier molecular flexibility index (Phi) is 4.40. The van der Waals surface area contributed by atoms with E-state index in [0.717, 1.165) is 46.8 Å². The van der Waals surface area contributed by atoms with E-state index < -0.39 is 0 Å². The Morgan fingerprint density at radius 3 is 2.50 bits per heavy atom. The molecule has 0 aliphatic carbocycles. The van der Waals surface area contributed by atoms with E-state index >= 15 is 0 Å². The van der Waals surface area contributed by atoms with Crippen molar-refractivity contribution in [2.24, 2.45) is 0 Å². The smallest absolute Gasteiger partial charge is 0.165 e. The second-order valence-corrected chi connectivity index (χ2v) is 6.53. The van der Waals surface area contributed by atoms with E-state index in [-0.39, 0.29) is 0 Å². The van der Waals surface area contributed by atoms with Gasteiger partial charge in [0.05, 0.1) is 6.20 Å². The van der Waals surface area contributed by atoms with Gasteiger partial charge in [-0.15, -0.1) is 0 Å². The molecule has 0 saturated carbocycles. The van der Waals surface area contributed by atoms with Crippen LogP contribution in [0.5, 0.6) is 0 Å². The lowest BCUT2D eigenvalue weighted by Gasteiger charge is -2.11. The van der Waals surface area contributed by atoms with Gasteiger partial charge in [0, 0.05) is 23.0 Å². The van der Waals surface area contributed by atoms with Gasteiger partial charge in [-0.2, -0.15) is 9.61 Å². The lowest BCUT2D eigenvalue weighted by atomic mass is 10.1. The Hall–Kier alpha value is -3.14. The molecule has 0 aliphatic rings. The molecule has 0 amide bonds. The third-order valence-corrected chi connectivity index (χ3v) is 4.44. The molecule has 1 N–H and O–H groups in total. The number of fused-ring (bicyclic) bond motifs is 1. The monoisotopic (exact) mass is 342 g/mol. The van der Waals surface area contributed by atoms with E-state index in [9.17, 15) is 0 Å². The molecule has 0 unspecified atom stereocenters. The molecule has 0 aliphatic heterocycles. The van der Waals surface area contributed by atoms with E-state index in [1.165, 1.54) is 5.56 Å². The standard InChI is InChI=1S/C22H22N4/c1-3-7-19-14-21(24-18-12-10-16(2)11-13-18)26-22(25-19)20(15-23-26)17-8-5-4-6-9-17/h4-6,8-15,24H,3,7H2,1-2H3. The van der Waals surface area contributed by atoms with Crippen molar-refractivity contribution >= 4 is 17.2 Å². The SMILES string of the molecule is CCCc1cc(Nc2ccc(C)cc2)n2ncc(-c3ccccc3)c2n1. The molecule has 130 valence electrons. The van der Waals surface area contributed by atoms with Gasteiger partial charge in [-0.25, -0.2) is 4.98 Å². The average Bonchev–Trinajstić information content (AvgIpc) is 3.09. The summed E-state index contributed by atoms with van der Waals surface area (Å²) >= 11 is 0. The van der Waals surface area contributed by atoms with Gasteiger partial charge in [-0.05, 0) is 31.0 Å². The molecule has 2 aromatic carbocycles. The van der Waals surface area contributed by atoms with E-state index in [1.54, 1.807) is 0 Å². The molecule has 0 saturated heterocycles. The molecule has 26 heavy (non-hydrogen) atoms. The quantitative estimate of drug-likeness (QED) is 0.528. The summed E-state index contributed by atoms with van der Waals surface area (Å²) in [4.78, 5) is 4.88. The molecule has 4 nitrogen and oxygen atoms in total. The summed E-state index contributed by atoms with van der Waals surface area (Å²) in [6.07, 6.45) is 3.90. The third kappa shape index (κ3) is 3.18. The minimum absolute atomic E-state index is 0.886. The number of aryl methyl sites for hydroxylation is 2. The number of nitrogens with zero attached hydrogens (tertiary/aromatic N) is 3. The zero-order valence-corrected chi connectivity index (χ0v) is 15.1. The van der Waals surface area contributed by atoms with Crippen LogP contribution in [-0.4, -0.2) is 14.6 Å². The fourth-order valence-electron chi connectivity index (χ4n) is 3.09. The maximum Gasteiger partial charge on any atom is 0.165 e. The minimum atomic E-state index is 0.886. The maximum atomic E-state index is 4.88. The van der Waals surface area contributed by atoms with Gasteiger partial charge in [0.1, 0.15) is 5.82 Å². The van der Waals surface area contributed by atoms with Crippen molar-refractivity contribution in [2.45, 2.75) is 26.7 Å². The zero-order valence-electron chi connectivity index (χ0n) is 15.1. The van der Waals surface area contributed by atoms with Crippen molar-refractivity contribution in [3.63, 3.8) is 0 Å². The van der Waals surface area contributed by atoms with Crippen molar-refractivity contribution < 1.29 is 0 Å². The third-order valence-electron chi connectivity index (χ3n) is 4.44. The van der Waals surface area contributed by atoms with Gasteiger partial charge < -0.3 is 5.32 Å². The van der Waals surface area contributed by atoms with Crippen LogP contribution < -0.4 is 5.32 Å². The van der Waals surface area contributed by atoms with Crippen molar-refractivity contribution in [3.8, 4) is 11.1 Å². The number of hydrogen-bond donors (Lipinski definition) is 1.